The Morgan fingerprint density at radius 3 is 2.50 bits per heavy atom. The van der Waals surface area contributed by atoms with Crippen molar-refractivity contribution in [2.45, 2.75) is 18.2 Å². The second-order valence-corrected chi connectivity index (χ2v) is 9.29. The van der Waals surface area contributed by atoms with Crippen LogP contribution in [0.25, 0.3) is 5.82 Å². The van der Waals surface area contributed by atoms with Gasteiger partial charge in [-0.05, 0) is 36.8 Å². The number of nitrogens with zero attached hydrogens (tertiary/aromatic N) is 3. The van der Waals surface area contributed by atoms with Gasteiger partial charge < -0.3 is 10.1 Å². The van der Waals surface area contributed by atoms with E-state index in [9.17, 15) is 26.4 Å². The van der Waals surface area contributed by atoms with Gasteiger partial charge in [-0.1, -0.05) is 23.2 Å². The molecule has 2 heterocycles. The highest BCUT2D eigenvalue weighted by atomic mass is 35.5. The summed E-state index contributed by atoms with van der Waals surface area (Å²) in [7, 11) is -3.82. The van der Waals surface area contributed by atoms with E-state index < -0.39 is 33.7 Å². The molecule has 0 radical (unpaired) electrons. The van der Waals surface area contributed by atoms with E-state index in [4.69, 9.17) is 23.2 Å². The number of sulfone groups is 1. The van der Waals surface area contributed by atoms with Gasteiger partial charge in [0.15, 0.2) is 15.7 Å². The summed E-state index contributed by atoms with van der Waals surface area (Å²) in [6.07, 6.45) is -2.86. The maximum Gasteiger partial charge on any atom is 0.574 e. The smallest absolute Gasteiger partial charge is 0.386 e. The minimum absolute atomic E-state index is 0.0114. The highest BCUT2D eigenvalue weighted by Gasteiger charge is 2.34. The van der Waals surface area contributed by atoms with Gasteiger partial charge in [0.25, 0.3) is 5.91 Å². The quantitative estimate of drug-likeness (QED) is 0.546. The molecule has 0 unspecified atom stereocenters. The number of amides is 1. The van der Waals surface area contributed by atoms with Crippen LogP contribution in [0, 0.1) is 6.92 Å². The van der Waals surface area contributed by atoms with Gasteiger partial charge >= 0.3 is 6.36 Å². The van der Waals surface area contributed by atoms with Crippen molar-refractivity contribution in [2.24, 2.45) is 0 Å². The molecule has 14 heteroatoms. The maximum absolute atomic E-state index is 13.0. The van der Waals surface area contributed by atoms with Crippen LogP contribution in [0.4, 0.5) is 18.9 Å². The van der Waals surface area contributed by atoms with Gasteiger partial charge in [-0.2, -0.15) is 0 Å². The van der Waals surface area contributed by atoms with Crippen LogP contribution < -0.4 is 10.1 Å². The molecule has 3 rings (SSSR count). The van der Waals surface area contributed by atoms with E-state index >= 15 is 0 Å². The Hall–Kier alpha value is -2.83. The third-order valence-corrected chi connectivity index (χ3v) is 5.62. The van der Waals surface area contributed by atoms with E-state index in [2.05, 4.69) is 20.1 Å². The summed E-state index contributed by atoms with van der Waals surface area (Å²) in [6.45, 7) is 1.50. The lowest BCUT2D eigenvalue weighted by molar-refractivity contribution is -0.276. The van der Waals surface area contributed by atoms with Crippen LogP contribution in [0.1, 0.15) is 16.1 Å². The molecule has 2 aromatic heterocycles. The number of carbonyl (C=O) groups is 1. The summed E-state index contributed by atoms with van der Waals surface area (Å²) in [5.41, 5.74) is -0.237. The number of carbonyl (C=O) groups excluding carboxylic acids is 1. The van der Waals surface area contributed by atoms with Crippen molar-refractivity contribution in [2.75, 3.05) is 11.6 Å². The molecular formula is C18H13Cl2F3N4O4S. The Labute approximate surface area is 189 Å². The van der Waals surface area contributed by atoms with Crippen molar-refractivity contribution >= 4 is 44.6 Å². The van der Waals surface area contributed by atoms with Crippen molar-refractivity contribution in [3.05, 3.63) is 57.8 Å². The number of rotatable bonds is 5. The van der Waals surface area contributed by atoms with E-state index in [0.717, 1.165) is 23.1 Å². The lowest BCUT2D eigenvalue weighted by atomic mass is 10.2. The molecule has 3 aromatic rings. The normalized spacial score (nSPS) is 12.0. The first kappa shape index (κ1) is 23.8. The number of alkyl halides is 3. The highest BCUT2D eigenvalue weighted by Crippen LogP contribution is 2.31. The molecule has 0 fully saturated rings. The molecule has 0 saturated heterocycles. The van der Waals surface area contributed by atoms with E-state index in [1.54, 1.807) is 0 Å². The van der Waals surface area contributed by atoms with Gasteiger partial charge in [0.2, 0.25) is 5.88 Å². The van der Waals surface area contributed by atoms with Crippen LogP contribution in [0.15, 0.2) is 41.4 Å². The van der Waals surface area contributed by atoms with Crippen LogP contribution in [0.2, 0.25) is 10.0 Å². The zero-order valence-electron chi connectivity index (χ0n) is 16.2. The largest absolute Gasteiger partial charge is 0.574 e. The van der Waals surface area contributed by atoms with Crippen LogP contribution >= 0.6 is 23.2 Å². The van der Waals surface area contributed by atoms with Gasteiger partial charge in [-0.15, -0.1) is 18.3 Å². The molecule has 170 valence electrons. The summed E-state index contributed by atoms with van der Waals surface area (Å²) in [5, 5.41) is 6.12. The first-order valence-corrected chi connectivity index (χ1v) is 11.2. The average molecular weight is 509 g/mol. The second kappa shape index (κ2) is 8.60. The van der Waals surface area contributed by atoms with Crippen LogP contribution in [0.3, 0.4) is 0 Å². The zero-order valence-corrected chi connectivity index (χ0v) is 18.6. The SMILES string of the molecule is Cc1cc(Cl)cc(S(C)(=O)=O)c1NC(=O)c1cc(OC(F)(F)F)nn1-c1ncccc1Cl. The van der Waals surface area contributed by atoms with Crippen molar-refractivity contribution in [3.8, 4) is 11.7 Å². The topological polar surface area (TPSA) is 103 Å². The number of nitrogens with one attached hydrogen (secondary N) is 1. The van der Waals surface area contributed by atoms with E-state index in [0.29, 0.717) is 5.56 Å². The molecule has 0 bridgehead atoms. The highest BCUT2D eigenvalue weighted by molar-refractivity contribution is 7.90. The van der Waals surface area contributed by atoms with Crippen LogP contribution in [0.5, 0.6) is 5.88 Å². The third-order valence-electron chi connectivity index (χ3n) is 3.98. The molecule has 32 heavy (non-hydrogen) atoms. The molecule has 0 aliphatic rings. The minimum Gasteiger partial charge on any atom is -0.386 e. The van der Waals surface area contributed by atoms with Crippen molar-refractivity contribution in [3.63, 3.8) is 0 Å². The van der Waals surface area contributed by atoms with Crippen molar-refractivity contribution in [1.29, 1.82) is 0 Å². The van der Waals surface area contributed by atoms with Gasteiger partial charge in [0, 0.05) is 23.5 Å². The molecule has 0 aliphatic carbocycles. The first-order chi connectivity index (χ1) is 14.8. The Kier molecular flexibility index (Phi) is 6.40. The first-order valence-electron chi connectivity index (χ1n) is 8.54. The maximum atomic E-state index is 13.0. The number of anilines is 1. The zero-order chi connectivity index (χ0) is 23.8. The van der Waals surface area contributed by atoms with E-state index in [-0.39, 0.29) is 26.4 Å². The Morgan fingerprint density at radius 1 is 1.22 bits per heavy atom. The summed E-state index contributed by atoms with van der Waals surface area (Å²) in [5.74, 6) is -2.08. The van der Waals surface area contributed by atoms with Crippen LogP contribution in [-0.4, -0.2) is 41.7 Å². The number of hydrogen-bond donors (Lipinski definition) is 1. The summed E-state index contributed by atoms with van der Waals surface area (Å²) in [6, 6.07) is 6.14. The molecule has 1 N–H and O–H groups in total. The number of aryl methyl sites for hydroxylation is 1. The van der Waals surface area contributed by atoms with Gasteiger partial charge in [-0.3, -0.25) is 4.79 Å². The fourth-order valence-electron chi connectivity index (χ4n) is 2.73. The van der Waals surface area contributed by atoms with E-state index in [1.807, 2.05) is 0 Å². The predicted octanol–water partition coefficient (Wildman–Crippen LogP) is 4.44. The average Bonchev–Trinajstić information content (AvgIpc) is 3.05. The van der Waals surface area contributed by atoms with Crippen LogP contribution in [-0.2, 0) is 9.84 Å². The summed E-state index contributed by atoms with van der Waals surface area (Å²) >= 11 is 12.0. The van der Waals surface area contributed by atoms with Crippen molar-refractivity contribution in [1.82, 2.24) is 14.8 Å². The Balaban J connectivity index is 2.12. The third kappa shape index (κ3) is 5.31. The number of hydrogen-bond acceptors (Lipinski definition) is 6. The standard InChI is InChI=1S/C18H13Cl2F3N4O4S/c1-9-6-10(19)7-13(32(2,29)30)15(9)25-17(28)12-8-14(31-18(21,22)23)26-27(12)16-11(20)4-3-5-24-16/h3-8H,1-2H3,(H,25,28). The number of ether oxygens (including phenoxy) is 1. The predicted molar refractivity (Wildman–Crippen MR) is 110 cm³/mol. The fourth-order valence-corrected chi connectivity index (χ4v) is 4.19. The summed E-state index contributed by atoms with van der Waals surface area (Å²) in [4.78, 5) is 16.7. The molecular weight excluding hydrogens is 496 g/mol. The lowest BCUT2D eigenvalue weighted by Gasteiger charge is -2.14. The lowest BCUT2D eigenvalue weighted by Crippen LogP contribution is -2.20. The second-order valence-electron chi connectivity index (χ2n) is 6.46. The number of halogens is 5. The summed E-state index contributed by atoms with van der Waals surface area (Å²) < 4.78 is 67.0. The molecule has 0 spiro atoms. The number of pyridine rings is 1. The Morgan fingerprint density at radius 2 is 1.91 bits per heavy atom. The number of aromatic nitrogens is 3. The van der Waals surface area contributed by atoms with E-state index in [1.165, 1.54) is 31.3 Å². The van der Waals surface area contributed by atoms with Gasteiger partial charge in [0.1, 0.15) is 5.69 Å². The molecule has 1 amide bonds. The van der Waals surface area contributed by atoms with Crippen molar-refractivity contribution < 1.29 is 31.1 Å². The minimum atomic E-state index is -5.07. The monoisotopic (exact) mass is 508 g/mol. The Bertz CT molecular complexity index is 1310. The molecule has 0 saturated carbocycles. The fraction of sp³-hybridized carbons (Fsp3) is 0.167. The molecule has 0 aliphatic heterocycles. The molecule has 8 nitrogen and oxygen atoms in total. The van der Waals surface area contributed by atoms with Gasteiger partial charge in [-0.25, -0.2) is 18.1 Å². The molecule has 1 aromatic carbocycles. The molecule has 0 atom stereocenters. The number of benzene rings is 1. The van der Waals surface area contributed by atoms with Gasteiger partial charge in [0.05, 0.1) is 15.6 Å².